The van der Waals surface area contributed by atoms with Crippen molar-refractivity contribution in [3.63, 3.8) is 0 Å². The SMILES string of the molecule is CC(C#N)(c1ccccc1)C1C(=O)N(c2ccccc2)N(c2ccccc2)C1=O. The number of carbonyl (C=O) groups is 2. The summed E-state index contributed by atoms with van der Waals surface area (Å²) < 4.78 is 0. The van der Waals surface area contributed by atoms with Gasteiger partial charge in [-0.05, 0) is 36.8 Å². The summed E-state index contributed by atoms with van der Waals surface area (Å²) in [5.41, 5.74) is 0.486. The first-order valence-electron chi connectivity index (χ1n) is 9.32. The molecule has 1 fully saturated rings. The van der Waals surface area contributed by atoms with E-state index in [1.165, 1.54) is 10.0 Å². The molecule has 0 N–H and O–H groups in total. The number of amides is 2. The van der Waals surface area contributed by atoms with Crippen LogP contribution in [0.5, 0.6) is 0 Å². The van der Waals surface area contributed by atoms with Crippen LogP contribution >= 0.6 is 0 Å². The first-order valence-corrected chi connectivity index (χ1v) is 9.32. The molecule has 0 radical (unpaired) electrons. The summed E-state index contributed by atoms with van der Waals surface area (Å²) in [6.45, 7) is 1.65. The molecule has 5 heteroatoms. The van der Waals surface area contributed by atoms with Crippen molar-refractivity contribution in [1.29, 1.82) is 5.26 Å². The number of benzene rings is 3. The zero-order valence-electron chi connectivity index (χ0n) is 15.9. The maximum absolute atomic E-state index is 13.6. The van der Waals surface area contributed by atoms with Crippen LogP contribution in [0.2, 0.25) is 0 Å². The molecule has 4 rings (SSSR count). The van der Waals surface area contributed by atoms with E-state index in [-0.39, 0.29) is 0 Å². The van der Waals surface area contributed by atoms with Crippen molar-refractivity contribution < 1.29 is 9.59 Å². The lowest BCUT2D eigenvalue weighted by Gasteiger charge is -2.27. The third-order valence-corrected chi connectivity index (χ3v) is 5.30. The molecule has 5 nitrogen and oxygen atoms in total. The van der Waals surface area contributed by atoms with Gasteiger partial charge in [0.2, 0.25) is 0 Å². The molecule has 0 spiro atoms. The number of nitrogens with zero attached hydrogens (tertiary/aromatic N) is 3. The van der Waals surface area contributed by atoms with Gasteiger partial charge in [0.15, 0.2) is 0 Å². The van der Waals surface area contributed by atoms with Crippen molar-refractivity contribution >= 4 is 23.2 Å². The van der Waals surface area contributed by atoms with E-state index in [4.69, 9.17) is 0 Å². The minimum absolute atomic E-state index is 0.419. The van der Waals surface area contributed by atoms with Crippen molar-refractivity contribution in [2.45, 2.75) is 12.3 Å². The second-order valence-corrected chi connectivity index (χ2v) is 7.08. The second kappa shape index (κ2) is 7.25. The van der Waals surface area contributed by atoms with Crippen LogP contribution < -0.4 is 10.0 Å². The molecule has 1 aliphatic rings. The maximum Gasteiger partial charge on any atom is 0.260 e. The fourth-order valence-corrected chi connectivity index (χ4v) is 3.75. The average molecular weight is 381 g/mol. The van der Waals surface area contributed by atoms with Gasteiger partial charge in [0.25, 0.3) is 11.8 Å². The highest BCUT2D eigenvalue weighted by Gasteiger charge is 2.56. The Morgan fingerprint density at radius 1 is 0.724 bits per heavy atom. The van der Waals surface area contributed by atoms with Crippen molar-refractivity contribution in [3.8, 4) is 6.07 Å². The number of anilines is 2. The summed E-state index contributed by atoms with van der Waals surface area (Å²) in [6.07, 6.45) is 0. The molecule has 142 valence electrons. The molecule has 29 heavy (non-hydrogen) atoms. The number of hydrazine groups is 1. The standard InChI is InChI=1S/C24H19N3O2/c1-24(17-25,18-11-5-2-6-12-18)21-22(28)26(19-13-7-3-8-14-19)27(23(21)29)20-15-9-4-10-16-20/h2-16,21H,1H3. The van der Waals surface area contributed by atoms with Gasteiger partial charge in [-0.25, -0.2) is 10.0 Å². The number of hydrogen-bond donors (Lipinski definition) is 0. The lowest BCUT2D eigenvalue weighted by molar-refractivity contribution is -0.128. The van der Waals surface area contributed by atoms with Crippen molar-refractivity contribution in [1.82, 2.24) is 0 Å². The van der Waals surface area contributed by atoms with Crippen LogP contribution in [0.25, 0.3) is 0 Å². The molecule has 0 saturated carbocycles. The molecule has 1 atom stereocenters. The molecule has 1 saturated heterocycles. The molecule has 0 aliphatic carbocycles. The molecule has 1 unspecified atom stereocenters. The topological polar surface area (TPSA) is 64.4 Å². The van der Waals surface area contributed by atoms with E-state index in [0.717, 1.165) is 0 Å². The van der Waals surface area contributed by atoms with E-state index in [0.29, 0.717) is 16.9 Å². The van der Waals surface area contributed by atoms with E-state index in [1.54, 1.807) is 55.5 Å². The highest BCUT2D eigenvalue weighted by molar-refractivity contribution is 6.24. The van der Waals surface area contributed by atoms with Crippen LogP contribution in [-0.2, 0) is 15.0 Å². The molecule has 3 aromatic rings. The third kappa shape index (κ3) is 2.95. The smallest absolute Gasteiger partial charge is 0.260 e. The summed E-state index contributed by atoms with van der Waals surface area (Å²) in [4.78, 5) is 27.2. The molecule has 0 aromatic heterocycles. The minimum Gasteiger partial charge on any atom is -0.272 e. The lowest BCUT2D eigenvalue weighted by atomic mass is 9.72. The number of carbonyl (C=O) groups excluding carboxylic acids is 2. The van der Waals surface area contributed by atoms with Crippen molar-refractivity contribution in [2.24, 2.45) is 5.92 Å². The van der Waals surface area contributed by atoms with Crippen LogP contribution in [0.1, 0.15) is 12.5 Å². The van der Waals surface area contributed by atoms with Gasteiger partial charge in [0.1, 0.15) is 11.3 Å². The summed E-state index contributed by atoms with van der Waals surface area (Å²) in [7, 11) is 0. The normalized spacial score (nSPS) is 16.6. The Bertz CT molecular complexity index is 1020. The summed E-state index contributed by atoms with van der Waals surface area (Å²) >= 11 is 0. The third-order valence-electron chi connectivity index (χ3n) is 5.30. The molecule has 3 aromatic carbocycles. The number of nitriles is 1. The van der Waals surface area contributed by atoms with Crippen molar-refractivity contribution in [3.05, 3.63) is 96.6 Å². The summed E-state index contributed by atoms with van der Waals surface area (Å²) in [6, 6.07) is 29.3. The van der Waals surface area contributed by atoms with Gasteiger partial charge in [0, 0.05) is 0 Å². The predicted octanol–water partition coefficient (Wildman–Crippen LogP) is 4.08. The van der Waals surface area contributed by atoms with Crippen LogP contribution in [0.15, 0.2) is 91.0 Å². The van der Waals surface area contributed by atoms with Crippen molar-refractivity contribution in [2.75, 3.05) is 10.0 Å². The molecular formula is C24H19N3O2. The lowest BCUT2D eigenvalue weighted by Crippen LogP contribution is -2.41. The highest BCUT2D eigenvalue weighted by Crippen LogP contribution is 2.41. The van der Waals surface area contributed by atoms with E-state index in [2.05, 4.69) is 6.07 Å². The zero-order valence-corrected chi connectivity index (χ0v) is 15.9. The first-order chi connectivity index (χ1) is 14.1. The predicted molar refractivity (Wildman–Crippen MR) is 111 cm³/mol. The molecule has 1 aliphatic heterocycles. The molecule has 1 heterocycles. The van der Waals surface area contributed by atoms with Gasteiger partial charge in [-0.2, -0.15) is 5.26 Å². The van der Waals surface area contributed by atoms with Crippen LogP contribution in [0.3, 0.4) is 0 Å². The quantitative estimate of drug-likeness (QED) is 0.640. The van der Waals surface area contributed by atoms with Crippen LogP contribution in [0.4, 0.5) is 11.4 Å². The molecular weight excluding hydrogens is 362 g/mol. The second-order valence-electron chi connectivity index (χ2n) is 7.08. The van der Waals surface area contributed by atoms with E-state index in [1.807, 2.05) is 42.5 Å². The number of rotatable bonds is 4. The fourth-order valence-electron chi connectivity index (χ4n) is 3.75. The Kier molecular flexibility index (Phi) is 4.61. The minimum atomic E-state index is -1.30. The van der Waals surface area contributed by atoms with Gasteiger partial charge >= 0.3 is 0 Å². The Hall–Kier alpha value is -3.91. The summed E-state index contributed by atoms with van der Waals surface area (Å²) in [5, 5.41) is 12.8. The Balaban J connectivity index is 1.88. The molecule has 0 bridgehead atoms. The van der Waals surface area contributed by atoms with E-state index in [9.17, 15) is 14.9 Å². The number of hydrogen-bond acceptors (Lipinski definition) is 3. The first kappa shape index (κ1) is 18.5. The average Bonchev–Trinajstić information content (AvgIpc) is 3.05. The maximum atomic E-state index is 13.6. The fraction of sp³-hybridized carbons (Fsp3) is 0.125. The summed E-state index contributed by atoms with van der Waals surface area (Å²) in [5.74, 6) is -1.99. The van der Waals surface area contributed by atoms with E-state index < -0.39 is 23.1 Å². The van der Waals surface area contributed by atoms with Gasteiger partial charge in [-0.15, -0.1) is 0 Å². The van der Waals surface area contributed by atoms with Crippen LogP contribution in [0, 0.1) is 17.2 Å². The highest BCUT2D eigenvalue weighted by atomic mass is 16.2. The van der Waals surface area contributed by atoms with Gasteiger partial charge < -0.3 is 0 Å². The molecule has 2 amide bonds. The van der Waals surface area contributed by atoms with Crippen LogP contribution in [-0.4, -0.2) is 11.8 Å². The van der Waals surface area contributed by atoms with Gasteiger partial charge in [-0.3, -0.25) is 9.59 Å². The van der Waals surface area contributed by atoms with Gasteiger partial charge in [0.05, 0.1) is 17.4 Å². The largest absolute Gasteiger partial charge is 0.272 e. The Labute approximate surface area is 169 Å². The Morgan fingerprint density at radius 2 is 1.10 bits per heavy atom. The van der Waals surface area contributed by atoms with Gasteiger partial charge in [-0.1, -0.05) is 66.7 Å². The van der Waals surface area contributed by atoms with E-state index >= 15 is 0 Å². The number of para-hydroxylation sites is 2. The zero-order chi connectivity index (χ0) is 20.4. The monoisotopic (exact) mass is 381 g/mol. The Morgan fingerprint density at radius 3 is 1.48 bits per heavy atom.